The molecular formula is C12H14Cl2O2. The van der Waals surface area contributed by atoms with Gasteiger partial charge >= 0.3 is 0 Å². The van der Waals surface area contributed by atoms with E-state index in [1.807, 2.05) is 19.9 Å². The van der Waals surface area contributed by atoms with E-state index < -0.39 is 0 Å². The second-order valence-electron chi connectivity index (χ2n) is 3.79. The van der Waals surface area contributed by atoms with E-state index in [0.29, 0.717) is 16.3 Å². The molecule has 0 aliphatic carbocycles. The molecule has 0 unspecified atom stereocenters. The molecule has 0 atom stereocenters. The van der Waals surface area contributed by atoms with Crippen molar-refractivity contribution in [3.05, 3.63) is 28.3 Å². The molecule has 0 saturated carbocycles. The monoisotopic (exact) mass is 260 g/mol. The maximum atomic E-state index is 11.6. The summed E-state index contributed by atoms with van der Waals surface area (Å²) in [5.74, 6) is 0.553. The van der Waals surface area contributed by atoms with Gasteiger partial charge in [0.2, 0.25) is 0 Å². The molecule has 0 aliphatic rings. The zero-order valence-corrected chi connectivity index (χ0v) is 11.0. The maximum Gasteiger partial charge on any atom is 0.181 e. The Bertz CT molecular complexity index is 400. The summed E-state index contributed by atoms with van der Waals surface area (Å²) in [6, 6.07) is 3.41. The van der Waals surface area contributed by atoms with Gasteiger partial charge in [-0.05, 0) is 23.6 Å². The summed E-state index contributed by atoms with van der Waals surface area (Å²) < 4.78 is 5.28. The predicted octanol–water partition coefficient (Wildman–Crippen LogP) is 3.89. The molecule has 0 aliphatic heterocycles. The minimum atomic E-state index is -0.178. The standard InChI is InChI=1S/C12H14Cl2O2/c1-7(2)9-4-8(14)5-10(11(15)6-13)12(9)16-3/h4-5,7H,6H2,1-3H3. The van der Waals surface area contributed by atoms with E-state index in [4.69, 9.17) is 27.9 Å². The van der Waals surface area contributed by atoms with Gasteiger partial charge < -0.3 is 4.74 Å². The fourth-order valence-corrected chi connectivity index (χ4v) is 1.92. The number of Topliss-reactive ketones (excluding diaryl/α,β-unsaturated/α-hetero) is 1. The molecule has 0 spiro atoms. The smallest absolute Gasteiger partial charge is 0.181 e. The van der Waals surface area contributed by atoms with Gasteiger partial charge in [-0.1, -0.05) is 25.4 Å². The number of benzene rings is 1. The molecule has 4 heteroatoms. The van der Waals surface area contributed by atoms with E-state index in [1.54, 1.807) is 13.2 Å². The van der Waals surface area contributed by atoms with Gasteiger partial charge in [-0.25, -0.2) is 0 Å². The van der Waals surface area contributed by atoms with Crippen LogP contribution in [0.25, 0.3) is 0 Å². The zero-order chi connectivity index (χ0) is 12.3. The Morgan fingerprint density at radius 2 is 2.06 bits per heavy atom. The van der Waals surface area contributed by atoms with Crippen LogP contribution < -0.4 is 4.74 Å². The number of ketones is 1. The van der Waals surface area contributed by atoms with Crippen molar-refractivity contribution in [2.75, 3.05) is 13.0 Å². The van der Waals surface area contributed by atoms with Crippen LogP contribution in [-0.2, 0) is 0 Å². The van der Waals surface area contributed by atoms with Crippen LogP contribution in [0, 0.1) is 0 Å². The molecule has 0 saturated heterocycles. The lowest BCUT2D eigenvalue weighted by atomic mass is 9.97. The van der Waals surface area contributed by atoms with Crippen molar-refractivity contribution in [2.45, 2.75) is 19.8 Å². The van der Waals surface area contributed by atoms with Crippen molar-refractivity contribution in [2.24, 2.45) is 0 Å². The minimum absolute atomic E-state index is 0.0752. The highest BCUT2D eigenvalue weighted by atomic mass is 35.5. The highest BCUT2D eigenvalue weighted by Crippen LogP contribution is 2.33. The number of carbonyl (C=O) groups excluding carboxylic acids is 1. The second kappa shape index (κ2) is 5.55. The number of hydrogen-bond donors (Lipinski definition) is 0. The van der Waals surface area contributed by atoms with Gasteiger partial charge in [-0.3, -0.25) is 4.79 Å². The van der Waals surface area contributed by atoms with E-state index >= 15 is 0 Å². The van der Waals surface area contributed by atoms with Gasteiger partial charge in [0.15, 0.2) is 5.78 Å². The SMILES string of the molecule is COc1c(C(=O)CCl)cc(Cl)cc1C(C)C. The number of carbonyl (C=O) groups is 1. The van der Waals surface area contributed by atoms with Crippen LogP contribution in [0.1, 0.15) is 35.7 Å². The quantitative estimate of drug-likeness (QED) is 0.607. The van der Waals surface area contributed by atoms with Gasteiger partial charge in [-0.2, -0.15) is 0 Å². The normalized spacial score (nSPS) is 10.6. The summed E-state index contributed by atoms with van der Waals surface area (Å²) in [4.78, 5) is 11.6. The Hall–Kier alpha value is -0.730. The molecule has 0 fully saturated rings. The van der Waals surface area contributed by atoms with Crippen molar-refractivity contribution < 1.29 is 9.53 Å². The summed E-state index contributed by atoms with van der Waals surface area (Å²) >= 11 is 11.5. The number of methoxy groups -OCH3 is 1. The third-order valence-corrected chi connectivity index (χ3v) is 2.79. The number of halogens is 2. The van der Waals surface area contributed by atoms with Crippen LogP contribution >= 0.6 is 23.2 Å². The van der Waals surface area contributed by atoms with Crippen LogP contribution in [0.5, 0.6) is 5.75 Å². The Balaban J connectivity index is 3.41. The van der Waals surface area contributed by atoms with Crippen molar-refractivity contribution in [3.8, 4) is 5.75 Å². The molecular weight excluding hydrogens is 247 g/mol. The van der Waals surface area contributed by atoms with Crippen LogP contribution in [0.15, 0.2) is 12.1 Å². The number of ether oxygens (including phenoxy) is 1. The summed E-state index contributed by atoms with van der Waals surface area (Å²) in [6.45, 7) is 4.03. The van der Waals surface area contributed by atoms with Gasteiger partial charge in [0.05, 0.1) is 18.6 Å². The lowest BCUT2D eigenvalue weighted by Crippen LogP contribution is -2.06. The van der Waals surface area contributed by atoms with Crippen LogP contribution in [-0.4, -0.2) is 18.8 Å². The second-order valence-corrected chi connectivity index (χ2v) is 4.49. The molecule has 0 heterocycles. The summed E-state index contributed by atoms with van der Waals surface area (Å²) in [6.07, 6.45) is 0. The topological polar surface area (TPSA) is 26.3 Å². The fourth-order valence-electron chi connectivity index (χ4n) is 1.55. The molecule has 0 N–H and O–H groups in total. The third-order valence-electron chi connectivity index (χ3n) is 2.33. The lowest BCUT2D eigenvalue weighted by molar-refractivity contribution is 0.101. The van der Waals surface area contributed by atoms with Gasteiger partial charge in [-0.15, -0.1) is 11.6 Å². The molecule has 88 valence electrons. The largest absolute Gasteiger partial charge is 0.496 e. The van der Waals surface area contributed by atoms with Crippen LogP contribution in [0.2, 0.25) is 5.02 Å². The van der Waals surface area contributed by atoms with E-state index in [1.165, 1.54) is 0 Å². The van der Waals surface area contributed by atoms with Crippen molar-refractivity contribution in [3.63, 3.8) is 0 Å². The first kappa shape index (κ1) is 13.3. The highest BCUT2D eigenvalue weighted by Gasteiger charge is 2.18. The summed E-state index contributed by atoms with van der Waals surface area (Å²) in [5.41, 5.74) is 1.37. The van der Waals surface area contributed by atoms with Crippen LogP contribution in [0.3, 0.4) is 0 Å². The third kappa shape index (κ3) is 2.69. The summed E-state index contributed by atoms with van der Waals surface area (Å²) in [5, 5.41) is 0.526. The number of rotatable bonds is 4. The van der Waals surface area contributed by atoms with E-state index in [9.17, 15) is 4.79 Å². The fraction of sp³-hybridized carbons (Fsp3) is 0.417. The van der Waals surface area contributed by atoms with E-state index in [0.717, 1.165) is 5.56 Å². The van der Waals surface area contributed by atoms with Crippen molar-refractivity contribution in [1.29, 1.82) is 0 Å². The van der Waals surface area contributed by atoms with Crippen molar-refractivity contribution in [1.82, 2.24) is 0 Å². The van der Waals surface area contributed by atoms with Gasteiger partial charge in [0.1, 0.15) is 5.75 Å². The Morgan fingerprint density at radius 3 is 2.50 bits per heavy atom. The molecule has 2 nitrogen and oxygen atoms in total. The average Bonchev–Trinajstić information content (AvgIpc) is 2.26. The first-order valence-electron chi connectivity index (χ1n) is 4.97. The Morgan fingerprint density at radius 1 is 1.44 bits per heavy atom. The van der Waals surface area contributed by atoms with E-state index in [2.05, 4.69) is 0 Å². The molecule has 0 aromatic heterocycles. The number of alkyl halides is 1. The average molecular weight is 261 g/mol. The molecule has 1 aromatic carbocycles. The van der Waals surface area contributed by atoms with Crippen molar-refractivity contribution >= 4 is 29.0 Å². The first-order chi connectivity index (χ1) is 7.51. The minimum Gasteiger partial charge on any atom is -0.496 e. The number of hydrogen-bond acceptors (Lipinski definition) is 2. The Labute approximate surface area is 106 Å². The maximum absolute atomic E-state index is 11.6. The first-order valence-corrected chi connectivity index (χ1v) is 5.89. The molecule has 0 bridgehead atoms. The van der Waals surface area contributed by atoms with Gasteiger partial charge in [0, 0.05) is 5.02 Å². The Kier molecular flexibility index (Phi) is 4.63. The van der Waals surface area contributed by atoms with E-state index in [-0.39, 0.29) is 17.6 Å². The zero-order valence-electron chi connectivity index (χ0n) is 9.51. The van der Waals surface area contributed by atoms with Crippen LogP contribution in [0.4, 0.5) is 0 Å². The molecule has 0 amide bonds. The molecule has 1 rings (SSSR count). The molecule has 1 aromatic rings. The lowest BCUT2D eigenvalue weighted by Gasteiger charge is -2.15. The predicted molar refractivity (Wildman–Crippen MR) is 67.1 cm³/mol. The summed E-state index contributed by atoms with van der Waals surface area (Å²) in [7, 11) is 1.54. The highest BCUT2D eigenvalue weighted by molar-refractivity contribution is 6.33. The molecule has 16 heavy (non-hydrogen) atoms. The van der Waals surface area contributed by atoms with Gasteiger partial charge in [0.25, 0.3) is 0 Å². The molecule has 0 radical (unpaired) electrons.